The number of aromatic nitrogens is 1. The van der Waals surface area contributed by atoms with Crippen LogP contribution >= 0.6 is 11.6 Å². The van der Waals surface area contributed by atoms with Crippen LogP contribution in [0.15, 0.2) is 36.4 Å². The van der Waals surface area contributed by atoms with Crippen molar-refractivity contribution < 1.29 is 4.74 Å². The van der Waals surface area contributed by atoms with Gasteiger partial charge in [-0.05, 0) is 23.8 Å². The van der Waals surface area contributed by atoms with Gasteiger partial charge in [-0.2, -0.15) is 5.26 Å². The van der Waals surface area contributed by atoms with Crippen molar-refractivity contribution in [3.63, 3.8) is 0 Å². The van der Waals surface area contributed by atoms with Gasteiger partial charge >= 0.3 is 0 Å². The summed E-state index contributed by atoms with van der Waals surface area (Å²) in [4.78, 5) is 3.99. The standard InChI is InChI=1S/C13H10ClN3O/c14-10-3-1-2-9(6-10)8-18-13-5-4-11(16)12(7-15)17-13/h1-6H,8,16H2. The summed E-state index contributed by atoms with van der Waals surface area (Å²) >= 11 is 5.86. The molecule has 0 saturated heterocycles. The van der Waals surface area contributed by atoms with E-state index in [1.807, 2.05) is 24.3 Å². The quantitative estimate of drug-likeness (QED) is 0.920. The number of pyridine rings is 1. The van der Waals surface area contributed by atoms with E-state index in [9.17, 15) is 0 Å². The smallest absolute Gasteiger partial charge is 0.214 e. The van der Waals surface area contributed by atoms with E-state index in [1.165, 1.54) is 0 Å². The second-order valence-electron chi connectivity index (χ2n) is 3.62. The molecule has 4 nitrogen and oxygen atoms in total. The van der Waals surface area contributed by atoms with Crippen molar-refractivity contribution in [3.05, 3.63) is 52.7 Å². The highest BCUT2D eigenvalue weighted by atomic mass is 35.5. The first-order valence-electron chi connectivity index (χ1n) is 5.23. The highest BCUT2D eigenvalue weighted by Crippen LogP contribution is 2.16. The highest BCUT2D eigenvalue weighted by Gasteiger charge is 2.03. The van der Waals surface area contributed by atoms with Gasteiger partial charge in [0.15, 0.2) is 5.69 Å². The third-order valence-electron chi connectivity index (χ3n) is 2.28. The Morgan fingerprint density at radius 3 is 2.89 bits per heavy atom. The molecule has 90 valence electrons. The van der Waals surface area contributed by atoms with E-state index >= 15 is 0 Å². The van der Waals surface area contributed by atoms with Crippen LogP contribution in [0.1, 0.15) is 11.3 Å². The van der Waals surface area contributed by atoms with E-state index in [2.05, 4.69) is 4.98 Å². The van der Waals surface area contributed by atoms with Gasteiger partial charge in [0.2, 0.25) is 5.88 Å². The fourth-order valence-corrected chi connectivity index (χ4v) is 1.62. The van der Waals surface area contributed by atoms with Gasteiger partial charge in [-0.25, -0.2) is 4.98 Å². The topological polar surface area (TPSA) is 71.9 Å². The molecule has 2 aromatic rings. The molecule has 0 atom stereocenters. The molecule has 0 unspecified atom stereocenters. The molecule has 0 aliphatic carbocycles. The first-order chi connectivity index (χ1) is 8.69. The van der Waals surface area contributed by atoms with E-state index in [1.54, 1.807) is 18.2 Å². The Bertz CT molecular complexity index is 607. The third kappa shape index (κ3) is 2.90. The van der Waals surface area contributed by atoms with Crippen LogP contribution in [0.5, 0.6) is 5.88 Å². The molecule has 0 amide bonds. The Hall–Kier alpha value is -2.25. The number of nitrogen functional groups attached to an aromatic ring is 1. The highest BCUT2D eigenvalue weighted by molar-refractivity contribution is 6.30. The van der Waals surface area contributed by atoms with E-state index in [0.717, 1.165) is 5.56 Å². The molecule has 2 N–H and O–H groups in total. The molecule has 1 aromatic carbocycles. The molecular formula is C13H10ClN3O. The van der Waals surface area contributed by atoms with Gasteiger partial charge in [0.05, 0.1) is 5.69 Å². The van der Waals surface area contributed by atoms with Gasteiger partial charge in [0.25, 0.3) is 0 Å². The Balaban J connectivity index is 2.09. The molecule has 18 heavy (non-hydrogen) atoms. The van der Waals surface area contributed by atoms with Gasteiger partial charge in [0.1, 0.15) is 12.7 Å². The van der Waals surface area contributed by atoms with Gasteiger partial charge in [-0.15, -0.1) is 0 Å². The average Bonchev–Trinajstić information content (AvgIpc) is 2.38. The number of benzene rings is 1. The number of nitriles is 1. The Kier molecular flexibility index (Phi) is 3.66. The van der Waals surface area contributed by atoms with Crippen LogP contribution in [0.3, 0.4) is 0 Å². The number of nitrogens with two attached hydrogens (primary N) is 1. The predicted molar refractivity (Wildman–Crippen MR) is 69.1 cm³/mol. The summed E-state index contributed by atoms with van der Waals surface area (Å²) in [6.45, 7) is 0.336. The number of hydrogen-bond acceptors (Lipinski definition) is 4. The molecule has 0 bridgehead atoms. The third-order valence-corrected chi connectivity index (χ3v) is 2.52. The minimum absolute atomic E-state index is 0.165. The molecule has 0 radical (unpaired) electrons. The number of rotatable bonds is 3. The molecule has 0 aliphatic heterocycles. The van der Waals surface area contributed by atoms with Crippen molar-refractivity contribution in [3.8, 4) is 11.9 Å². The molecular weight excluding hydrogens is 250 g/mol. The lowest BCUT2D eigenvalue weighted by Gasteiger charge is -2.06. The Morgan fingerprint density at radius 1 is 1.33 bits per heavy atom. The van der Waals surface area contributed by atoms with Crippen LogP contribution in [0.25, 0.3) is 0 Å². The molecule has 0 fully saturated rings. The van der Waals surface area contributed by atoms with Gasteiger partial charge in [0, 0.05) is 11.1 Å². The summed E-state index contributed by atoms with van der Waals surface area (Å²) in [5, 5.41) is 9.45. The largest absolute Gasteiger partial charge is 0.473 e. The fraction of sp³-hybridized carbons (Fsp3) is 0.0769. The maximum atomic E-state index is 8.80. The van der Waals surface area contributed by atoms with Crippen molar-refractivity contribution in [1.82, 2.24) is 4.98 Å². The summed E-state index contributed by atoms with van der Waals surface area (Å²) < 4.78 is 5.47. The van der Waals surface area contributed by atoms with Crippen LogP contribution in [0.2, 0.25) is 5.02 Å². The van der Waals surface area contributed by atoms with Crippen LogP contribution < -0.4 is 10.5 Å². The summed E-state index contributed by atoms with van der Waals surface area (Å²) in [6, 6.07) is 12.5. The first kappa shape index (κ1) is 12.2. The van der Waals surface area contributed by atoms with E-state index in [4.69, 9.17) is 27.3 Å². The van der Waals surface area contributed by atoms with Crippen LogP contribution in [0, 0.1) is 11.3 Å². The van der Waals surface area contributed by atoms with E-state index in [-0.39, 0.29) is 5.69 Å². The zero-order valence-electron chi connectivity index (χ0n) is 9.43. The van der Waals surface area contributed by atoms with E-state index < -0.39 is 0 Å². The zero-order chi connectivity index (χ0) is 13.0. The minimum atomic E-state index is 0.165. The second kappa shape index (κ2) is 5.39. The average molecular weight is 260 g/mol. The molecule has 0 spiro atoms. The minimum Gasteiger partial charge on any atom is -0.473 e. The van der Waals surface area contributed by atoms with Crippen LogP contribution in [-0.2, 0) is 6.61 Å². The normalized spacial score (nSPS) is 9.78. The lowest BCUT2D eigenvalue weighted by molar-refractivity contribution is 0.294. The van der Waals surface area contributed by atoms with Crippen molar-refractivity contribution in [2.45, 2.75) is 6.61 Å². The van der Waals surface area contributed by atoms with Gasteiger partial charge < -0.3 is 10.5 Å². The molecule has 2 rings (SSSR count). The number of anilines is 1. The number of hydrogen-bond donors (Lipinski definition) is 1. The maximum absolute atomic E-state index is 8.80. The summed E-state index contributed by atoms with van der Waals surface area (Å²) in [7, 11) is 0. The maximum Gasteiger partial charge on any atom is 0.214 e. The fourth-order valence-electron chi connectivity index (χ4n) is 1.41. The van der Waals surface area contributed by atoms with Crippen LogP contribution in [-0.4, -0.2) is 4.98 Å². The molecule has 0 saturated carbocycles. The monoisotopic (exact) mass is 259 g/mol. The number of ether oxygens (including phenoxy) is 1. The summed E-state index contributed by atoms with van der Waals surface area (Å²) in [6.07, 6.45) is 0. The zero-order valence-corrected chi connectivity index (χ0v) is 10.2. The SMILES string of the molecule is N#Cc1nc(OCc2cccc(Cl)c2)ccc1N. The van der Waals surface area contributed by atoms with Crippen molar-refractivity contribution >= 4 is 17.3 Å². The van der Waals surface area contributed by atoms with Crippen molar-refractivity contribution in [1.29, 1.82) is 5.26 Å². The lowest BCUT2D eigenvalue weighted by Crippen LogP contribution is -2.00. The summed E-state index contributed by atoms with van der Waals surface area (Å²) in [5.74, 6) is 0.362. The molecule has 5 heteroatoms. The van der Waals surface area contributed by atoms with E-state index in [0.29, 0.717) is 23.2 Å². The lowest BCUT2D eigenvalue weighted by atomic mass is 10.2. The second-order valence-corrected chi connectivity index (χ2v) is 4.05. The van der Waals surface area contributed by atoms with Crippen molar-refractivity contribution in [2.75, 3.05) is 5.73 Å². The molecule has 1 heterocycles. The Morgan fingerprint density at radius 2 is 2.17 bits per heavy atom. The predicted octanol–water partition coefficient (Wildman–Crippen LogP) is 2.77. The van der Waals surface area contributed by atoms with Crippen LogP contribution in [0.4, 0.5) is 5.69 Å². The molecule has 0 aliphatic rings. The van der Waals surface area contributed by atoms with Crippen molar-refractivity contribution in [2.24, 2.45) is 0 Å². The summed E-state index contributed by atoms with van der Waals surface area (Å²) in [5.41, 5.74) is 7.01. The van der Waals surface area contributed by atoms with Gasteiger partial charge in [-0.1, -0.05) is 23.7 Å². The Labute approximate surface area is 110 Å². The first-order valence-corrected chi connectivity index (χ1v) is 5.60. The number of halogens is 1. The van der Waals surface area contributed by atoms with Gasteiger partial charge in [-0.3, -0.25) is 0 Å². The molecule has 1 aromatic heterocycles. The number of nitrogens with zero attached hydrogens (tertiary/aromatic N) is 2.